The highest BCUT2D eigenvalue weighted by Gasteiger charge is 2.15. The molecule has 0 spiro atoms. The third-order valence-electron chi connectivity index (χ3n) is 3.80. The molecule has 0 bridgehead atoms. The SMILES string of the molecule is CN=C(NCCNC(=O)OC(C)(C)C)NCc1cccc(C(=O)NCCN(C)C)c1.I. The topological polar surface area (TPSA) is 107 Å². The van der Waals surface area contributed by atoms with Crippen molar-refractivity contribution in [1.82, 2.24) is 26.2 Å². The fraction of sp³-hybridized carbons (Fsp3) is 0.571. The van der Waals surface area contributed by atoms with Gasteiger partial charge < -0.3 is 30.9 Å². The first-order chi connectivity index (χ1) is 14.1. The highest BCUT2D eigenvalue weighted by Crippen LogP contribution is 2.06. The summed E-state index contributed by atoms with van der Waals surface area (Å²) < 4.78 is 5.18. The minimum atomic E-state index is -0.521. The van der Waals surface area contributed by atoms with E-state index in [-0.39, 0.29) is 29.9 Å². The van der Waals surface area contributed by atoms with E-state index < -0.39 is 11.7 Å². The molecule has 10 heteroatoms. The predicted molar refractivity (Wildman–Crippen MR) is 135 cm³/mol. The molecule has 9 nitrogen and oxygen atoms in total. The van der Waals surface area contributed by atoms with Gasteiger partial charge in [0.25, 0.3) is 5.91 Å². The summed E-state index contributed by atoms with van der Waals surface area (Å²) in [6.07, 6.45) is -0.451. The third kappa shape index (κ3) is 13.8. The van der Waals surface area contributed by atoms with Crippen molar-refractivity contribution >= 4 is 41.9 Å². The van der Waals surface area contributed by atoms with Gasteiger partial charge in [0, 0.05) is 45.3 Å². The van der Waals surface area contributed by atoms with Gasteiger partial charge in [0.05, 0.1) is 0 Å². The molecule has 0 saturated heterocycles. The van der Waals surface area contributed by atoms with E-state index in [4.69, 9.17) is 4.74 Å². The number of halogens is 1. The molecule has 0 radical (unpaired) electrons. The van der Waals surface area contributed by atoms with Crippen LogP contribution >= 0.6 is 24.0 Å². The second-order valence-corrected chi connectivity index (χ2v) is 8.04. The van der Waals surface area contributed by atoms with Crippen LogP contribution in [0.15, 0.2) is 29.3 Å². The average Bonchev–Trinajstić information content (AvgIpc) is 2.66. The van der Waals surface area contributed by atoms with Gasteiger partial charge in [-0.2, -0.15) is 0 Å². The molecule has 0 aliphatic heterocycles. The number of alkyl carbamates (subject to hydrolysis) is 1. The number of amides is 2. The van der Waals surface area contributed by atoms with Crippen molar-refractivity contribution in [2.24, 2.45) is 4.99 Å². The van der Waals surface area contributed by atoms with E-state index in [0.29, 0.717) is 37.7 Å². The summed E-state index contributed by atoms with van der Waals surface area (Å²) in [7, 11) is 5.60. The molecule has 0 fully saturated rings. The molecule has 31 heavy (non-hydrogen) atoms. The second-order valence-electron chi connectivity index (χ2n) is 8.04. The zero-order valence-corrected chi connectivity index (χ0v) is 21.7. The number of ether oxygens (including phenoxy) is 1. The molecule has 0 saturated carbocycles. The fourth-order valence-corrected chi connectivity index (χ4v) is 2.38. The molecule has 0 aliphatic rings. The van der Waals surface area contributed by atoms with Crippen LogP contribution in [0.2, 0.25) is 0 Å². The van der Waals surface area contributed by atoms with Crippen LogP contribution in [0.3, 0.4) is 0 Å². The smallest absolute Gasteiger partial charge is 0.407 e. The Balaban J connectivity index is 0.00000900. The van der Waals surface area contributed by atoms with Crippen LogP contribution in [0, 0.1) is 0 Å². The van der Waals surface area contributed by atoms with E-state index in [9.17, 15) is 9.59 Å². The lowest BCUT2D eigenvalue weighted by molar-refractivity contribution is 0.0528. The van der Waals surface area contributed by atoms with Crippen molar-refractivity contribution in [1.29, 1.82) is 0 Å². The third-order valence-corrected chi connectivity index (χ3v) is 3.80. The number of nitrogens with zero attached hydrogens (tertiary/aromatic N) is 2. The summed E-state index contributed by atoms with van der Waals surface area (Å²) in [6, 6.07) is 7.46. The first-order valence-corrected chi connectivity index (χ1v) is 10.0. The Morgan fingerprint density at radius 3 is 2.32 bits per heavy atom. The Kier molecular flexibility index (Phi) is 13.8. The lowest BCUT2D eigenvalue weighted by atomic mass is 10.1. The lowest BCUT2D eigenvalue weighted by Crippen LogP contribution is -2.42. The summed E-state index contributed by atoms with van der Waals surface area (Å²) in [5, 5.41) is 11.9. The van der Waals surface area contributed by atoms with Crippen LogP contribution in [-0.4, -0.2) is 75.8 Å². The number of rotatable bonds is 9. The minimum absolute atomic E-state index is 0. The van der Waals surface area contributed by atoms with Crippen molar-refractivity contribution in [3.05, 3.63) is 35.4 Å². The van der Waals surface area contributed by atoms with Gasteiger partial charge in [0.2, 0.25) is 0 Å². The van der Waals surface area contributed by atoms with Gasteiger partial charge in [0.1, 0.15) is 5.60 Å². The Morgan fingerprint density at radius 1 is 1.03 bits per heavy atom. The highest BCUT2D eigenvalue weighted by atomic mass is 127. The van der Waals surface area contributed by atoms with Gasteiger partial charge in [-0.1, -0.05) is 12.1 Å². The normalized spacial score (nSPS) is 11.4. The van der Waals surface area contributed by atoms with Crippen LogP contribution in [0.4, 0.5) is 4.79 Å². The molecule has 0 heterocycles. The maximum Gasteiger partial charge on any atom is 0.407 e. The van der Waals surface area contributed by atoms with Crippen molar-refractivity contribution in [3.63, 3.8) is 0 Å². The number of hydrogen-bond acceptors (Lipinski definition) is 5. The van der Waals surface area contributed by atoms with Gasteiger partial charge in [-0.15, -0.1) is 24.0 Å². The number of likely N-dealkylation sites (N-methyl/N-ethyl adjacent to an activating group) is 1. The second kappa shape index (κ2) is 14.8. The molecule has 1 rings (SSSR count). The molecule has 1 aromatic rings. The van der Waals surface area contributed by atoms with Gasteiger partial charge in [-0.3, -0.25) is 9.79 Å². The van der Waals surface area contributed by atoms with E-state index in [2.05, 4.69) is 26.3 Å². The Morgan fingerprint density at radius 2 is 1.71 bits per heavy atom. The first kappa shape index (κ1) is 28.9. The van der Waals surface area contributed by atoms with Gasteiger partial charge in [-0.25, -0.2) is 4.79 Å². The van der Waals surface area contributed by atoms with Gasteiger partial charge in [0.15, 0.2) is 5.96 Å². The summed E-state index contributed by atoms with van der Waals surface area (Å²) in [5.74, 6) is 0.510. The van der Waals surface area contributed by atoms with E-state index >= 15 is 0 Å². The maximum atomic E-state index is 12.3. The number of carbonyl (C=O) groups is 2. The molecule has 0 aliphatic carbocycles. The molecule has 2 amide bonds. The summed E-state index contributed by atoms with van der Waals surface area (Å²) in [6.45, 7) is 8.25. The molecule has 1 aromatic carbocycles. The van der Waals surface area contributed by atoms with Crippen molar-refractivity contribution in [2.45, 2.75) is 32.9 Å². The summed E-state index contributed by atoms with van der Waals surface area (Å²) in [4.78, 5) is 30.1. The minimum Gasteiger partial charge on any atom is -0.444 e. The maximum absolute atomic E-state index is 12.3. The number of nitrogens with one attached hydrogen (secondary N) is 4. The van der Waals surface area contributed by atoms with Crippen molar-refractivity contribution in [2.75, 3.05) is 47.3 Å². The average molecular weight is 548 g/mol. The fourth-order valence-electron chi connectivity index (χ4n) is 2.38. The zero-order chi connectivity index (χ0) is 22.6. The molecule has 176 valence electrons. The Bertz CT molecular complexity index is 719. The largest absolute Gasteiger partial charge is 0.444 e. The molecular formula is C21H37IN6O3. The monoisotopic (exact) mass is 548 g/mol. The predicted octanol–water partition coefficient (Wildman–Crippen LogP) is 1.79. The summed E-state index contributed by atoms with van der Waals surface area (Å²) in [5.41, 5.74) is 1.06. The van der Waals surface area contributed by atoms with Crippen LogP contribution in [0.1, 0.15) is 36.7 Å². The molecule has 0 aromatic heterocycles. The Hall–Kier alpha value is -2.08. The summed E-state index contributed by atoms with van der Waals surface area (Å²) >= 11 is 0. The first-order valence-electron chi connectivity index (χ1n) is 10.0. The van der Waals surface area contributed by atoms with Crippen LogP contribution in [-0.2, 0) is 11.3 Å². The number of aliphatic imine (C=N–C) groups is 1. The molecular weight excluding hydrogens is 511 g/mol. The van der Waals surface area contributed by atoms with Crippen LogP contribution in [0.5, 0.6) is 0 Å². The lowest BCUT2D eigenvalue weighted by Gasteiger charge is -2.20. The number of carbonyl (C=O) groups excluding carboxylic acids is 2. The van der Waals surface area contributed by atoms with Gasteiger partial charge in [-0.05, 0) is 52.6 Å². The Labute approximate surface area is 202 Å². The van der Waals surface area contributed by atoms with Crippen LogP contribution in [0.25, 0.3) is 0 Å². The molecule has 4 N–H and O–H groups in total. The van der Waals surface area contributed by atoms with Crippen LogP contribution < -0.4 is 21.3 Å². The number of guanidine groups is 1. The van der Waals surface area contributed by atoms with Gasteiger partial charge >= 0.3 is 6.09 Å². The van der Waals surface area contributed by atoms with E-state index in [1.54, 1.807) is 13.1 Å². The standard InChI is InChI=1S/C21H36N6O3.HI/c1-21(2,3)30-20(29)25-11-10-24-19(22-4)26-15-16-8-7-9-17(14-16)18(28)23-12-13-27(5)6;/h7-9,14H,10-13,15H2,1-6H3,(H,23,28)(H,25,29)(H2,22,24,26);1H. The number of benzene rings is 1. The van der Waals surface area contributed by atoms with E-state index in [1.807, 2.05) is 58.0 Å². The number of hydrogen-bond donors (Lipinski definition) is 4. The molecule has 0 unspecified atom stereocenters. The van der Waals surface area contributed by atoms with E-state index in [0.717, 1.165) is 12.1 Å². The quantitative estimate of drug-likeness (QED) is 0.162. The van der Waals surface area contributed by atoms with Crippen molar-refractivity contribution in [3.8, 4) is 0 Å². The highest BCUT2D eigenvalue weighted by molar-refractivity contribution is 14.0. The molecule has 0 atom stereocenters. The van der Waals surface area contributed by atoms with Crippen molar-refractivity contribution < 1.29 is 14.3 Å². The van der Waals surface area contributed by atoms with E-state index in [1.165, 1.54) is 0 Å². The zero-order valence-electron chi connectivity index (χ0n) is 19.4.